The maximum Gasteiger partial charge on any atom is 0.330 e. The second-order valence-corrected chi connectivity index (χ2v) is 4.70. The summed E-state index contributed by atoms with van der Waals surface area (Å²) < 4.78 is 0. The van der Waals surface area contributed by atoms with Crippen LogP contribution in [0.1, 0.15) is 11.6 Å². The number of benzene rings is 2. The number of pyridine rings is 1. The molecule has 104 valence electrons. The summed E-state index contributed by atoms with van der Waals surface area (Å²) in [4.78, 5) is 16.0. The van der Waals surface area contributed by atoms with Crippen LogP contribution in [0.3, 0.4) is 0 Å². The molecule has 0 aliphatic heterocycles. The molecule has 1 heterocycles. The molecule has 21 heavy (non-hydrogen) atoms. The summed E-state index contributed by atoms with van der Waals surface area (Å²) in [6.07, 6.45) is 1.67. The molecule has 0 saturated carbocycles. The molecule has 0 amide bonds. The Labute approximate surface area is 122 Å². The zero-order valence-electron chi connectivity index (χ0n) is 11.2. The van der Waals surface area contributed by atoms with E-state index in [1.165, 1.54) is 0 Å². The summed E-state index contributed by atoms with van der Waals surface area (Å²) >= 11 is 0. The number of aliphatic carboxylic acids is 1. The highest BCUT2D eigenvalue weighted by Gasteiger charge is 2.22. The molecule has 0 saturated heterocycles. The fourth-order valence-electron chi connectivity index (χ4n) is 2.33. The van der Waals surface area contributed by atoms with Crippen molar-refractivity contribution in [3.8, 4) is 0 Å². The summed E-state index contributed by atoms with van der Waals surface area (Å²) in [6.45, 7) is 0. The number of para-hydroxylation sites is 2. The van der Waals surface area contributed by atoms with Crippen LogP contribution in [0.2, 0.25) is 0 Å². The topological polar surface area (TPSA) is 62.2 Å². The number of fused-ring (bicyclic) bond motifs is 1. The van der Waals surface area contributed by atoms with Gasteiger partial charge in [0.1, 0.15) is 0 Å². The van der Waals surface area contributed by atoms with Gasteiger partial charge in [-0.2, -0.15) is 0 Å². The molecule has 2 N–H and O–H groups in total. The third-order valence-electron chi connectivity index (χ3n) is 3.31. The molecule has 1 aromatic heterocycles. The van der Waals surface area contributed by atoms with Gasteiger partial charge in [0, 0.05) is 22.8 Å². The number of carbonyl (C=O) groups is 1. The largest absolute Gasteiger partial charge is 0.479 e. The molecule has 2 aromatic carbocycles. The Balaban J connectivity index is 2.06. The molecule has 3 rings (SSSR count). The molecule has 0 bridgehead atoms. The zero-order chi connectivity index (χ0) is 14.7. The van der Waals surface area contributed by atoms with Gasteiger partial charge in [0.25, 0.3) is 0 Å². The standard InChI is InChI=1S/C17H14N2O2/c20-17(21)16(19-13-8-2-1-3-9-13)14-10-4-6-12-7-5-11-18-15(12)14/h1-11,16,19H,(H,20,21). The van der Waals surface area contributed by atoms with E-state index in [2.05, 4.69) is 10.3 Å². The Morgan fingerprint density at radius 3 is 2.52 bits per heavy atom. The number of rotatable bonds is 4. The van der Waals surface area contributed by atoms with Gasteiger partial charge in [-0.3, -0.25) is 4.98 Å². The normalized spacial score (nSPS) is 12.0. The molecule has 0 fully saturated rings. The van der Waals surface area contributed by atoms with Gasteiger partial charge in [-0.15, -0.1) is 0 Å². The molecule has 3 aromatic rings. The highest BCUT2D eigenvalue weighted by Crippen LogP contribution is 2.25. The molecule has 1 unspecified atom stereocenters. The number of aromatic nitrogens is 1. The Morgan fingerprint density at radius 1 is 1.00 bits per heavy atom. The minimum Gasteiger partial charge on any atom is -0.479 e. The molecule has 1 atom stereocenters. The monoisotopic (exact) mass is 278 g/mol. The van der Waals surface area contributed by atoms with E-state index in [-0.39, 0.29) is 0 Å². The maximum absolute atomic E-state index is 11.7. The average Bonchev–Trinajstić information content (AvgIpc) is 2.53. The molecule has 0 aliphatic rings. The van der Waals surface area contributed by atoms with E-state index in [1.54, 1.807) is 12.3 Å². The highest BCUT2D eigenvalue weighted by atomic mass is 16.4. The first-order valence-corrected chi connectivity index (χ1v) is 6.64. The first-order chi connectivity index (χ1) is 10.3. The van der Waals surface area contributed by atoms with Crippen LogP contribution in [0.15, 0.2) is 66.9 Å². The Hall–Kier alpha value is -2.88. The fraction of sp³-hybridized carbons (Fsp3) is 0.0588. The smallest absolute Gasteiger partial charge is 0.330 e. The quantitative estimate of drug-likeness (QED) is 0.767. The number of carboxylic acids is 1. The average molecular weight is 278 g/mol. The van der Waals surface area contributed by atoms with E-state index in [4.69, 9.17) is 0 Å². The Bertz CT molecular complexity index is 767. The minimum atomic E-state index is -0.933. The summed E-state index contributed by atoms with van der Waals surface area (Å²) in [5.41, 5.74) is 2.12. The molecular formula is C17H14N2O2. The molecule has 0 spiro atoms. The van der Waals surface area contributed by atoms with Gasteiger partial charge in [0.15, 0.2) is 6.04 Å². The number of nitrogens with zero attached hydrogens (tertiary/aromatic N) is 1. The molecule has 4 heteroatoms. The SMILES string of the molecule is O=C(O)C(Nc1ccccc1)c1cccc2cccnc12. The number of hydrogen-bond acceptors (Lipinski definition) is 3. The lowest BCUT2D eigenvalue weighted by molar-refractivity contribution is -0.138. The van der Waals surface area contributed by atoms with Crippen molar-refractivity contribution < 1.29 is 9.90 Å². The molecule has 4 nitrogen and oxygen atoms in total. The van der Waals surface area contributed by atoms with Crippen LogP contribution in [0.25, 0.3) is 10.9 Å². The number of hydrogen-bond donors (Lipinski definition) is 2. The number of anilines is 1. The summed E-state index contributed by atoms with van der Waals surface area (Å²) in [6, 6.07) is 17.8. The zero-order valence-corrected chi connectivity index (χ0v) is 11.2. The van der Waals surface area contributed by atoms with Crippen LogP contribution in [-0.2, 0) is 4.79 Å². The van der Waals surface area contributed by atoms with E-state index < -0.39 is 12.0 Å². The van der Waals surface area contributed by atoms with Crippen molar-refractivity contribution in [2.75, 3.05) is 5.32 Å². The van der Waals surface area contributed by atoms with Crippen LogP contribution in [-0.4, -0.2) is 16.1 Å². The molecule has 0 radical (unpaired) electrons. The van der Waals surface area contributed by atoms with E-state index in [0.717, 1.165) is 11.1 Å². The lowest BCUT2D eigenvalue weighted by Crippen LogP contribution is -2.21. The molecule has 0 aliphatic carbocycles. The molecular weight excluding hydrogens is 264 g/mol. The van der Waals surface area contributed by atoms with Crippen LogP contribution in [0, 0.1) is 0 Å². The Morgan fingerprint density at radius 2 is 1.76 bits per heavy atom. The summed E-state index contributed by atoms with van der Waals surface area (Å²) in [5.74, 6) is -0.933. The fourth-order valence-corrected chi connectivity index (χ4v) is 2.33. The lowest BCUT2D eigenvalue weighted by atomic mass is 10.0. The summed E-state index contributed by atoms with van der Waals surface area (Å²) in [7, 11) is 0. The van der Waals surface area contributed by atoms with Crippen molar-refractivity contribution in [1.29, 1.82) is 0 Å². The highest BCUT2D eigenvalue weighted by molar-refractivity contribution is 5.89. The predicted molar refractivity (Wildman–Crippen MR) is 82.2 cm³/mol. The second kappa shape index (κ2) is 5.63. The van der Waals surface area contributed by atoms with Gasteiger partial charge in [0.2, 0.25) is 0 Å². The maximum atomic E-state index is 11.7. The Kier molecular flexibility index (Phi) is 3.51. The van der Waals surface area contributed by atoms with Crippen molar-refractivity contribution in [3.05, 3.63) is 72.4 Å². The van der Waals surface area contributed by atoms with Crippen molar-refractivity contribution in [2.24, 2.45) is 0 Å². The van der Waals surface area contributed by atoms with Gasteiger partial charge < -0.3 is 10.4 Å². The van der Waals surface area contributed by atoms with Crippen LogP contribution in [0.5, 0.6) is 0 Å². The van der Waals surface area contributed by atoms with Crippen molar-refractivity contribution in [3.63, 3.8) is 0 Å². The van der Waals surface area contributed by atoms with Crippen LogP contribution < -0.4 is 5.32 Å². The first kappa shape index (κ1) is 13.1. The second-order valence-electron chi connectivity index (χ2n) is 4.70. The first-order valence-electron chi connectivity index (χ1n) is 6.64. The van der Waals surface area contributed by atoms with Crippen molar-refractivity contribution in [2.45, 2.75) is 6.04 Å². The van der Waals surface area contributed by atoms with Crippen LogP contribution in [0.4, 0.5) is 5.69 Å². The van der Waals surface area contributed by atoms with Gasteiger partial charge >= 0.3 is 5.97 Å². The van der Waals surface area contributed by atoms with E-state index >= 15 is 0 Å². The van der Waals surface area contributed by atoms with Gasteiger partial charge in [0.05, 0.1) is 5.52 Å². The third kappa shape index (κ3) is 2.69. The lowest BCUT2D eigenvalue weighted by Gasteiger charge is -2.17. The van der Waals surface area contributed by atoms with Gasteiger partial charge in [-0.25, -0.2) is 4.79 Å². The van der Waals surface area contributed by atoms with Crippen molar-refractivity contribution >= 4 is 22.6 Å². The van der Waals surface area contributed by atoms with Gasteiger partial charge in [-0.1, -0.05) is 42.5 Å². The summed E-state index contributed by atoms with van der Waals surface area (Å²) in [5, 5.41) is 13.5. The van der Waals surface area contributed by atoms with E-state index in [9.17, 15) is 9.90 Å². The number of carboxylic acid groups (broad SMARTS) is 1. The van der Waals surface area contributed by atoms with E-state index in [0.29, 0.717) is 11.1 Å². The number of nitrogens with one attached hydrogen (secondary N) is 1. The third-order valence-corrected chi connectivity index (χ3v) is 3.31. The minimum absolute atomic E-state index is 0.657. The van der Waals surface area contributed by atoms with E-state index in [1.807, 2.05) is 54.6 Å². The van der Waals surface area contributed by atoms with Crippen molar-refractivity contribution in [1.82, 2.24) is 4.98 Å². The predicted octanol–water partition coefficient (Wildman–Crippen LogP) is 3.47. The van der Waals surface area contributed by atoms with Gasteiger partial charge in [-0.05, 0) is 18.2 Å². The van der Waals surface area contributed by atoms with Crippen LogP contribution >= 0.6 is 0 Å².